The summed E-state index contributed by atoms with van der Waals surface area (Å²) in [7, 11) is -3.85. The van der Waals surface area contributed by atoms with Gasteiger partial charge in [0.2, 0.25) is 10.0 Å². The number of nitrogen functional groups attached to an aromatic ring is 1. The van der Waals surface area contributed by atoms with Crippen LogP contribution in [0.1, 0.15) is 0 Å². The van der Waals surface area contributed by atoms with Gasteiger partial charge in [0.05, 0.1) is 15.1 Å². The van der Waals surface area contributed by atoms with Gasteiger partial charge in [-0.3, -0.25) is 0 Å². The Balaban J connectivity index is 2.40. The van der Waals surface area contributed by atoms with Crippen molar-refractivity contribution >= 4 is 31.6 Å². The van der Waals surface area contributed by atoms with Crippen LogP contribution in [0, 0.1) is 5.82 Å². The number of nitrogens with two attached hydrogens (primary N) is 2. The van der Waals surface area contributed by atoms with Crippen molar-refractivity contribution in [2.45, 2.75) is 4.90 Å². The molecule has 0 aromatic heterocycles. The average molecular weight is 361 g/mol. The van der Waals surface area contributed by atoms with Gasteiger partial charge in [-0.15, -0.1) is 0 Å². The number of halogens is 2. The van der Waals surface area contributed by atoms with Crippen LogP contribution in [0.4, 0.5) is 10.1 Å². The standard InChI is InChI=1S/C12H10BrFN2O3S/c13-9-5-7(1-3-10(9)14)19-12-6-8(20(16,17)18)2-4-11(12)15/h1-6H,15H2,(H2,16,17,18). The zero-order chi connectivity index (χ0) is 14.9. The highest BCUT2D eigenvalue weighted by Gasteiger charge is 2.12. The molecule has 20 heavy (non-hydrogen) atoms. The number of ether oxygens (including phenoxy) is 1. The van der Waals surface area contributed by atoms with Crippen molar-refractivity contribution in [3.05, 3.63) is 46.7 Å². The molecule has 2 aromatic carbocycles. The molecule has 0 saturated carbocycles. The van der Waals surface area contributed by atoms with Crippen molar-refractivity contribution in [2.75, 3.05) is 5.73 Å². The van der Waals surface area contributed by atoms with E-state index in [0.717, 1.165) is 0 Å². The normalized spacial score (nSPS) is 11.3. The minimum atomic E-state index is -3.85. The maximum absolute atomic E-state index is 13.1. The highest BCUT2D eigenvalue weighted by atomic mass is 79.9. The van der Waals surface area contributed by atoms with E-state index in [4.69, 9.17) is 15.6 Å². The van der Waals surface area contributed by atoms with Gasteiger partial charge < -0.3 is 10.5 Å². The first-order valence-electron chi connectivity index (χ1n) is 5.32. The monoisotopic (exact) mass is 360 g/mol. The summed E-state index contributed by atoms with van der Waals surface area (Å²) in [6.07, 6.45) is 0. The van der Waals surface area contributed by atoms with Gasteiger partial charge in [0.25, 0.3) is 0 Å². The van der Waals surface area contributed by atoms with Gasteiger partial charge in [-0.2, -0.15) is 0 Å². The number of anilines is 1. The van der Waals surface area contributed by atoms with Crippen molar-refractivity contribution in [2.24, 2.45) is 5.14 Å². The lowest BCUT2D eigenvalue weighted by Crippen LogP contribution is -2.12. The Morgan fingerprint density at radius 3 is 2.45 bits per heavy atom. The van der Waals surface area contributed by atoms with Crippen LogP contribution in [0.2, 0.25) is 0 Å². The SMILES string of the molecule is Nc1ccc(S(N)(=O)=O)cc1Oc1ccc(F)c(Br)c1. The Labute approximate surface area is 123 Å². The van der Waals surface area contributed by atoms with Crippen molar-refractivity contribution in [3.63, 3.8) is 0 Å². The predicted octanol–water partition coefficient (Wildman–Crippen LogP) is 2.61. The van der Waals surface area contributed by atoms with Gasteiger partial charge in [0.1, 0.15) is 11.6 Å². The van der Waals surface area contributed by atoms with Crippen molar-refractivity contribution in [1.29, 1.82) is 0 Å². The Morgan fingerprint density at radius 2 is 1.85 bits per heavy atom. The van der Waals surface area contributed by atoms with Crippen LogP contribution >= 0.6 is 15.9 Å². The molecule has 106 valence electrons. The number of benzene rings is 2. The smallest absolute Gasteiger partial charge is 0.238 e. The molecule has 0 bridgehead atoms. The van der Waals surface area contributed by atoms with Crippen LogP contribution < -0.4 is 15.6 Å². The fourth-order valence-electron chi connectivity index (χ4n) is 1.45. The molecule has 0 aliphatic rings. The van der Waals surface area contributed by atoms with E-state index in [1.54, 1.807) is 0 Å². The summed E-state index contributed by atoms with van der Waals surface area (Å²) in [5.41, 5.74) is 5.94. The van der Waals surface area contributed by atoms with E-state index in [9.17, 15) is 12.8 Å². The summed E-state index contributed by atoms with van der Waals surface area (Å²) < 4.78 is 41.3. The molecule has 0 saturated heterocycles. The van der Waals surface area contributed by atoms with Crippen LogP contribution in [0.15, 0.2) is 45.8 Å². The third kappa shape index (κ3) is 3.27. The molecule has 0 amide bonds. The van der Waals surface area contributed by atoms with Gasteiger partial charge in [0.15, 0.2) is 5.75 Å². The second-order valence-electron chi connectivity index (χ2n) is 3.92. The third-order valence-electron chi connectivity index (χ3n) is 2.43. The van der Waals surface area contributed by atoms with Crippen LogP contribution in [0.25, 0.3) is 0 Å². The van der Waals surface area contributed by atoms with Gasteiger partial charge in [-0.25, -0.2) is 17.9 Å². The minimum absolute atomic E-state index is 0.120. The highest BCUT2D eigenvalue weighted by molar-refractivity contribution is 9.10. The van der Waals surface area contributed by atoms with Crippen LogP contribution in [-0.4, -0.2) is 8.42 Å². The van der Waals surface area contributed by atoms with E-state index in [1.165, 1.54) is 36.4 Å². The number of sulfonamides is 1. The molecule has 0 fully saturated rings. The van der Waals surface area contributed by atoms with E-state index in [2.05, 4.69) is 15.9 Å². The average Bonchev–Trinajstić information content (AvgIpc) is 2.35. The quantitative estimate of drug-likeness (QED) is 0.822. The first-order chi connectivity index (χ1) is 9.27. The molecule has 2 aromatic rings. The van der Waals surface area contributed by atoms with Gasteiger partial charge >= 0.3 is 0 Å². The molecule has 0 heterocycles. The summed E-state index contributed by atoms with van der Waals surface area (Å²) in [5, 5.41) is 5.03. The Bertz CT molecular complexity index is 765. The summed E-state index contributed by atoms with van der Waals surface area (Å²) in [5.74, 6) is -0.0183. The van der Waals surface area contributed by atoms with Gasteiger partial charge in [-0.1, -0.05) is 0 Å². The van der Waals surface area contributed by atoms with Crippen molar-refractivity contribution < 1.29 is 17.5 Å². The molecule has 0 spiro atoms. The molecule has 0 aliphatic carbocycles. The molecule has 4 N–H and O–H groups in total. The molecule has 5 nitrogen and oxygen atoms in total. The summed E-state index contributed by atoms with van der Waals surface area (Å²) in [6.45, 7) is 0. The van der Waals surface area contributed by atoms with Crippen LogP contribution in [-0.2, 0) is 10.0 Å². The highest BCUT2D eigenvalue weighted by Crippen LogP contribution is 2.31. The second-order valence-corrected chi connectivity index (χ2v) is 6.34. The van der Waals surface area contributed by atoms with Crippen LogP contribution in [0.5, 0.6) is 11.5 Å². The first kappa shape index (κ1) is 14.8. The van der Waals surface area contributed by atoms with Gasteiger partial charge in [-0.05, 0) is 46.3 Å². The summed E-state index contributed by atoms with van der Waals surface area (Å²) >= 11 is 3.02. The largest absolute Gasteiger partial charge is 0.455 e. The van der Waals surface area contributed by atoms with Crippen molar-refractivity contribution in [1.82, 2.24) is 0 Å². The van der Waals surface area contributed by atoms with E-state index >= 15 is 0 Å². The molecule has 2 rings (SSSR count). The molecular weight excluding hydrogens is 351 g/mol. The molecule has 0 unspecified atom stereocenters. The maximum atomic E-state index is 13.1. The lowest BCUT2D eigenvalue weighted by Gasteiger charge is -2.10. The number of hydrogen-bond donors (Lipinski definition) is 2. The first-order valence-corrected chi connectivity index (χ1v) is 7.66. The second kappa shape index (κ2) is 5.39. The Morgan fingerprint density at radius 1 is 1.15 bits per heavy atom. The topological polar surface area (TPSA) is 95.4 Å². The van der Waals surface area contributed by atoms with Crippen molar-refractivity contribution in [3.8, 4) is 11.5 Å². The molecule has 0 radical (unpaired) electrons. The summed E-state index contributed by atoms with van der Waals surface area (Å²) in [6, 6.07) is 7.86. The fraction of sp³-hybridized carbons (Fsp3) is 0. The zero-order valence-electron chi connectivity index (χ0n) is 10.0. The van der Waals surface area contributed by atoms with E-state index in [0.29, 0.717) is 5.75 Å². The number of primary sulfonamides is 1. The van der Waals surface area contributed by atoms with Crippen LogP contribution in [0.3, 0.4) is 0 Å². The molecule has 0 aliphatic heterocycles. The molecule has 8 heteroatoms. The Hall–Kier alpha value is -1.64. The molecule has 0 atom stereocenters. The van der Waals surface area contributed by atoms with E-state index in [-0.39, 0.29) is 20.8 Å². The minimum Gasteiger partial charge on any atom is -0.455 e. The predicted molar refractivity (Wildman–Crippen MR) is 76.4 cm³/mol. The maximum Gasteiger partial charge on any atom is 0.238 e. The lowest BCUT2D eigenvalue weighted by atomic mass is 10.3. The molecular formula is C12H10BrFN2O3S. The summed E-state index contributed by atoms with van der Waals surface area (Å²) in [4.78, 5) is -0.122. The number of hydrogen-bond acceptors (Lipinski definition) is 4. The Kier molecular flexibility index (Phi) is 3.98. The zero-order valence-corrected chi connectivity index (χ0v) is 12.4. The van der Waals surface area contributed by atoms with E-state index < -0.39 is 15.8 Å². The van der Waals surface area contributed by atoms with E-state index in [1.807, 2.05) is 0 Å². The lowest BCUT2D eigenvalue weighted by molar-refractivity contribution is 0.480. The fourth-order valence-corrected chi connectivity index (χ4v) is 2.33. The third-order valence-corrected chi connectivity index (χ3v) is 3.95. The number of rotatable bonds is 3. The van der Waals surface area contributed by atoms with Gasteiger partial charge in [0, 0.05) is 6.07 Å².